The predicted molar refractivity (Wildman–Crippen MR) is 85.0 cm³/mol. The molecule has 3 nitrogen and oxygen atoms in total. The molecule has 2 aromatic rings. The van der Waals surface area contributed by atoms with Gasteiger partial charge in [-0.15, -0.1) is 0 Å². The topological polar surface area (TPSA) is 52.9 Å². The minimum absolute atomic E-state index is 0.196. The lowest BCUT2D eigenvalue weighted by atomic mass is 10.1. The monoisotopic (exact) mass is 370 g/mol. The Balaban J connectivity index is 2.32. The summed E-state index contributed by atoms with van der Waals surface area (Å²) in [5.74, 6) is -5.69. The first kappa shape index (κ1) is 17.9. The maximum atomic E-state index is 13.6. The van der Waals surface area contributed by atoms with Crippen LogP contribution in [0.15, 0.2) is 35.9 Å². The molecule has 8 heteroatoms. The van der Waals surface area contributed by atoms with Crippen molar-refractivity contribution in [3.05, 3.63) is 69.0 Å². The van der Waals surface area contributed by atoms with Gasteiger partial charge in [0.2, 0.25) is 0 Å². The summed E-state index contributed by atoms with van der Waals surface area (Å²) in [4.78, 5) is 12.0. The summed E-state index contributed by atoms with van der Waals surface area (Å²) < 4.78 is 39.6. The molecule has 0 unspecified atom stereocenters. The van der Waals surface area contributed by atoms with Gasteiger partial charge in [-0.1, -0.05) is 29.3 Å². The van der Waals surface area contributed by atoms with E-state index in [9.17, 15) is 18.0 Å². The Kier molecular flexibility index (Phi) is 5.50. The van der Waals surface area contributed by atoms with Crippen LogP contribution in [0.1, 0.15) is 5.56 Å². The number of hydrogen-bond donors (Lipinski definition) is 1. The third-order valence-electron chi connectivity index (χ3n) is 2.91. The van der Waals surface area contributed by atoms with Crippen molar-refractivity contribution in [2.75, 3.05) is 5.32 Å². The molecular weight excluding hydrogens is 364 g/mol. The average Bonchev–Trinajstić information content (AvgIpc) is 2.54. The average molecular weight is 371 g/mol. The standard InChI is InChI=1S/C16H7Cl2F3N2O/c17-10-2-1-8(11(18)6-10)5-9(7-22)16(24)23-13-4-3-12(19)14(20)15(13)21/h1-6H,(H,23,24)/b9-5-. The molecule has 2 rings (SSSR count). The number of rotatable bonds is 3. The Morgan fingerprint density at radius 2 is 1.83 bits per heavy atom. The summed E-state index contributed by atoms with van der Waals surface area (Å²) in [6.45, 7) is 0. The predicted octanol–water partition coefficient (Wildman–Crippen LogP) is 4.96. The van der Waals surface area contributed by atoms with E-state index in [0.717, 1.165) is 12.1 Å². The van der Waals surface area contributed by atoms with Crippen LogP contribution >= 0.6 is 23.2 Å². The highest BCUT2D eigenvalue weighted by Gasteiger charge is 2.17. The quantitative estimate of drug-likeness (QED) is 0.471. The molecule has 0 atom stereocenters. The van der Waals surface area contributed by atoms with Crippen LogP contribution in [-0.4, -0.2) is 5.91 Å². The first-order chi connectivity index (χ1) is 11.3. The van der Waals surface area contributed by atoms with Gasteiger partial charge in [-0.05, 0) is 35.9 Å². The number of benzene rings is 2. The van der Waals surface area contributed by atoms with Crippen molar-refractivity contribution < 1.29 is 18.0 Å². The fraction of sp³-hybridized carbons (Fsp3) is 0. The summed E-state index contributed by atoms with van der Waals surface area (Å²) in [6.07, 6.45) is 1.16. The van der Waals surface area contributed by atoms with Crippen LogP contribution in [0.2, 0.25) is 10.0 Å². The number of anilines is 1. The van der Waals surface area contributed by atoms with Crippen LogP contribution in [0, 0.1) is 28.8 Å². The van der Waals surface area contributed by atoms with Crippen molar-refractivity contribution in [1.29, 1.82) is 5.26 Å². The third-order valence-corrected chi connectivity index (χ3v) is 3.47. The number of nitrogens with zero attached hydrogens (tertiary/aromatic N) is 1. The van der Waals surface area contributed by atoms with E-state index in [2.05, 4.69) is 0 Å². The van der Waals surface area contributed by atoms with Crippen LogP contribution in [-0.2, 0) is 4.79 Å². The SMILES string of the molecule is N#C/C(=C/c1ccc(Cl)cc1Cl)C(=O)Nc1ccc(F)c(F)c1F. The lowest BCUT2D eigenvalue weighted by molar-refractivity contribution is -0.112. The van der Waals surface area contributed by atoms with Gasteiger partial charge in [0.05, 0.1) is 5.69 Å². The number of hydrogen-bond acceptors (Lipinski definition) is 2. The van der Waals surface area contributed by atoms with E-state index < -0.39 is 34.6 Å². The van der Waals surface area contributed by atoms with Crippen LogP contribution < -0.4 is 5.32 Å². The van der Waals surface area contributed by atoms with Crippen molar-refractivity contribution in [2.24, 2.45) is 0 Å². The molecule has 0 aromatic heterocycles. The van der Waals surface area contributed by atoms with Crippen molar-refractivity contribution in [3.8, 4) is 6.07 Å². The largest absolute Gasteiger partial charge is 0.319 e. The number of halogens is 5. The molecule has 0 aliphatic carbocycles. The number of carbonyl (C=O) groups is 1. The first-order valence-electron chi connectivity index (χ1n) is 6.35. The molecule has 24 heavy (non-hydrogen) atoms. The van der Waals surface area contributed by atoms with Gasteiger partial charge in [-0.25, -0.2) is 13.2 Å². The number of amides is 1. The molecule has 0 aliphatic rings. The zero-order valence-corrected chi connectivity index (χ0v) is 13.2. The highest BCUT2D eigenvalue weighted by molar-refractivity contribution is 6.35. The molecule has 0 saturated heterocycles. The number of carbonyl (C=O) groups excluding carboxylic acids is 1. The summed E-state index contributed by atoms with van der Waals surface area (Å²) in [7, 11) is 0. The van der Waals surface area contributed by atoms with Crippen molar-refractivity contribution in [3.63, 3.8) is 0 Å². The molecule has 0 bridgehead atoms. The third kappa shape index (κ3) is 3.88. The molecule has 0 heterocycles. The second-order valence-electron chi connectivity index (χ2n) is 4.51. The van der Waals surface area contributed by atoms with E-state index >= 15 is 0 Å². The maximum Gasteiger partial charge on any atom is 0.266 e. The second-order valence-corrected chi connectivity index (χ2v) is 5.36. The van der Waals surface area contributed by atoms with Crippen molar-refractivity contribution in [1.82, 2.24) is 0 Å². The van der Waals surface area contributed by atoms with Crippen molar-refractivity contribution in [2.45, 2.75) is 0 Å². The Morgan fingerprint density at radius 1 is 1.12 bits per heavy atom. The highest BCUT2D eigenvalue weighted by atomic mass is 35.5. The number of nitriles is 1. The van der Waals surface area contributed by atoms with Gasteiger partial charge in [0.25, 0.3) is 5.91 Å². The lowest BCUT2D eigenvalue weighted by Crippen LogP contribution is -2.15. The Morgan fingerprint density at radius 3 is 2.46 bits per heavy atom. The van der Waals surface area contributed by atoms with Gasteiger partial charge in [0, 0.05) is 10.0 Å². The molecular formula is C16H7Cl2F3N2O. The molecule has 0 aliphatic heterocycles. The molecule has 122 valence electrons. The van der Waals surface area contributed by atoms with Gasteiger partial charge in [-0.3, -0.25) is 4.79 Å². The molecule has 2 aromatic carbocycles. The van der Waals surface area contributed by atoms with Crippen LogP contribution in [0.3, 0.4) is 0 Å². The number of nitrogens with one attached hydrogen (secondary N) is 1. The van der Waals surface area contributed by atoms with Crippen molar-refractivity contribution >= 4 is 40.9 Å². The van der Waals surface area contributed by atoms with Gasteiger partial charge in [0.15, 0.2) is 17.5 Å². The van der Waals surface area contributed by atoms with Crippen LogP contribution in [0.4, 0.5) is 18.9 Å². The highest BCUT2D eigenvalue weighted by Crippen LogP contribution is 2.24. The summed E-state index contributed by atoms with van der Waals surface area (Å²) in [6, 6.07) is 7.52. The second kappa shape index (κ2) is 7.39. The van der Waals surface area contributed by atoms with E-state index in [1.807, 2.05) is 5.32 Å². The molecule has 0 radical (unpaired) electrons. The molecule has 0 fully saturated rings. The Hall–Kier alpha value is -2.49. The van der Waals surface area contributed by atoms with E-state index in [4.69, 9.17) is 28.5 Å². The summed E-state index contributed by atoms with van der Waals surface area (Å²) in [5.41, 5.74) is -0.677. The molecule has 0 saturated carbocycles. The van der Waals surface area contributed by atoms with Gasteiger partial charge in [0.1, 0.15) is 11.6 Å². The fourth-order valence-corrected chi connectivity index (χ4v) is 2.20. The smallest absolute Gasteiger partial charge is 0.266 e. The van der Waals surface area contributed by atoms with E-state index in [1.54, 1.807) is 6.07 Å². The summed E-state index contributed by atoms with van der Waals surface area (Å²) in [5, 5.41) is 11.6. The molecule has 1 N–H and O–H groups in total. The first-order valence-corrected chi connectivity index (χ1v) is 7.10. The Bertz CT molecular complexity index is 892. The molecule has 0 spiro atoms. The lowest BCUT2D eigenvalue weighted by Gasteiger charge is -2.07. The van der Waals surface area contributed by atoms with Crippen LogP contribution in [0.25, 0.3) is 6.08 Å². The minimum atomic E-state index is -1.73. The van der Waals surface area contributed by atoms with Gasteiger partial charge >= 0.3 is 0 Å². The van der Waals surface area contributed by atoms with Gasteiger partial charge < -0.3 is 5.32 Å². The zero-order chi connectivity index (χ0) is 17.9. The normalized spacial score (nSPS) is 11.1. The minimum Gasteiger partial charge on any atom is -0.319 e. The van der Waals surface area contributed by atoms with E-state index in [-0.39, 0.29) is 5.02 Å². The summed E-state index contributed by atoms with van der Waals surface area (Å²) >= 11 is 11.7. The fourth-order valence-electron chi connectivity index (χ4n) is 1.73. The maximum absolute atomic E-state index is 13.6. The Labute approximate surface area is 144 Å². The van der Waals surface area contributed by atoms with Gasteiger partial charge in [-0.2, -0.15) is 5.26 Å². The molecule has 1 amide bonds. The zero-order valence-electron chi connectivity index (χ0n) is 11.7. The van der Waals surface area contributed by atoms with Crippen LogP contribution in [0.5, 0.6) is 0 Å². The van der Waals surface area contributed by atoms with E-state index in [1.165, 1.54) is 18.2 Å². The van der Waals surface area contributed by atoms with E-state index in [0.29, 0.717) is 16.7 Å².